The van der Waals surface area contributed by atoms with Crippen molar-refractivity contribution in [2.45, 2.75) is 71.3 Å². The molecule has 0 radical (unpaired) electrons. The summed E-state index contributed by atoms with van der Waals surface area (Å²) in [5.74, 6) is 0.281. The number of nitrogens with one attached hydrogen (secondary N) is 1. The summed E-state index contributed by atoms with van der Waals surface area (Å²) in [4.78, 5) is 26.0. The minimum absolute atomic E-state index is 0.0896. The molecule has 0 saturated heterocycles. The average molecular weight is 383 g/mol. The molecule has 1 fully saturated rings. The van der Waals surface area contributed by atoms with Crippen LogP contribution in [-0.4, -0.2) is 46.8 Å². The van der Waals surface area contributed by atoms with Crippen LogP contribution in [0.4, 0.5) is 9.93 Å². The molecule has 1 N–H and O–H groups in total. The topological polar surface area (TPSA) is 84.4 Å². The lowest BCUT2D eigenvalue weighted by Crippen LogP contribution is -2.44. The first-order valence-corrected chi connectivity index (χ1v) is 10.3. The lowest BCUT2D eigenvalue weighted by Gasteiger charge is -2.34. The summed E-state index contributed by atoms with van der Waals surface area (Å²) in [7, 11) is 1.37. The molecule has 1 heterocycles. The highest BCUT2D eigenvalue weighted by Crippen LogP contribution is 2.25. The summed E-state index contributed by atoms with van der Waals surface area (Å²) in [5.41, 5.74) is 0. The van der Waals surface area contributed by atoms with E-state index < -0.39 is 0 Å². The van der Waals surface area contributed by atoms with Crippen LogP contribution in [0.2, 0.25) is 0 Å². The Hall–Kier alpha value is -1.70. The number of aryl methyl sites for hydroxylation is 1. The Balaban J connectivity index is 1.94. The third kappa shape index (κ3) is 6.55. The molecule has 26 heavy (non-hydrogen) atoms. The molecule has 2 amide bonds. The van der Waals surface area contributed by atoms with Gasteiger partial charge in [-0.2, -0.15) is 0 Å². The van der Waals surface area contributed by atoms with E-state index in [4.69, 9.17) is 0 Å². The van der Waals surface area contributed by atoms with E-state index in [-0.39, 0.29) is 18.4 Å². The third-order valence-corrected chi connectivity index (χ3v) is 5.57. The fraction of sp³-hybridized carbons (Fsp3) is 0.778. The van der Waals surface area contributed by atoms with Crippen LogP contribution in [0.5, 0.6) is 0 Å². The van der Waals surface area contributed by atoms with Gasteiger partial charge in [0.2, 0.25) is 5.13 Å². The number of aromatic nitrogens is 2. The van der Waals surface area contributed by atoms with Gasteiger partial charge in [-0.25, -0.2) is 4.79 Å². The predicted octanol–water partition coefficient (Wildman–Crippen LogP) is 3.86. The number of esters is 1. The molecule has 0 spiro atoms. The average Bonchev–Trinajstić information content (AvgIpc) is 3.07. The van der Waals surface area contributed by atoms with Gasteiger partial charge in [-0.1, -0.05) is 44.4 Å². The molecular formula is C18H30N4O3S. The maximum absolute atomic E-state index is 12.8. The first-order chi connectivity index (χ1) is 12.5. The van der Waals surface area contributed by atoms with Crippen molar-refractivity contribution in [1.29, 1.82) is 0 Å². The molecule has 1 aliphatic rings. The molecule has 1 saturated carbocycles. The molecule has 0 bridgehead atoms. The minimum Gasteiger partial charge on any atom is -0.469 e. The van der Waals surface area contributed by atoms with Crippen molar-refractivity contribution in [2.24, 2.45) is 5.92 Å². The molecule has 0 aromatic carbocycles. The van der Waals surface area contributed by atoms with Crippen molar-refractivity contribution in [3.8, 4) is 0 Å². The van der Waals surface area contributed by atoms with Gasteiger partial charge >= 0.3 is 12.0 Å². The van der Waals surface area contributed by atoms with Crippen LogP contribution >= 0.6 is 11.3 Å². The number of amides is 2. The first-order valence-electron chi connectivity index (χ1n) is 9.46. The second-order valence-electron chi connectivity index (χ2n) is 7.17. The fourth-order valence-electron chi connectivity index (χ4n) is 3.12. The summed E-state index contributed by atoms with van der Waals surface area (Å²) in [6, 6.07) is 0.224. The highest BCUT2D eigenvalue weighted by atomic mass is 32.1. The van der Waals surface area contributed by atoms with E-state index in [0.29, 0.717) is 23.5 Å². The zero-order valence-electron chi connectivity index (χ0n) is 16.0. The Morgan fingerprint density at radius 3 is 2.65 bits per heavy atom. The van der Waals surface area contributed by atoms with Crippen LogP contribution in [0.1, 0.15) is 63.8 Å². The highest BCUT2D eigenvalue weighted by Gasteiger charge is 2.26. The number of hydrogen-bond acceptors (Lipinski definition) is 6. The Labute approximate surface area is 159 Å². The van der Waals surface area contributed by atoms with Crippen molar-refractivity contribution in [1.82, 2.24) is 15.1 Å². The van der Waals surface area contributed by atoms with Crippen LogP contribution < -0.4 is 5.32 Å². The lowest BCUT2D eigenvalue weighted by atomic mass is 9.94. The SMILES string of the molecule is COC(=O)CCc1nnc(NC(=O)N(CCC(C)C)C2CCCCC2)s1. The van der Waals surface area contributed by atoms with Crippen molar-refractivity contribution in [3.05, 3.63) is 5.01 Å². The second-order valence-corrected chi connectivity index (χ2v) is 8.24. The van der Waals surface area contributed by atoms with Gasteiger partial charge in [0, 0.05) is 19.0 Å². The lowest BCUT2D eigenvalue weighted by molar-refractivity contribution is -0.140. The predicted molar refractivity (Wildman–Crippen MR) is 102 cm³/mol. The van der Waals surface area contributed by atoms with Gasteiger partial charge in [-0.15, -0.1) is 10.2 Å². The van der Waals surface area contributed by atoms with E-state index >= 15 is 0 Å². The van der Waals surface area contributed by atoms with Gasteiger partial charge in [0.05, 0.1) is 13.5 Å². The summed E-state index contributed by atoms with van der Waals surface area (Å²) in [5, 5.41) is 12.2. The Bertz CT molecular complexity index is 585. The second kappa shape index (κ2) is 10.4. The van der Waals surface area contributed by atoms with Crippen LogP contribution in [0.25, 0.3) is 0 Å². The zero-order chi connectivity index (χ0) is 18.9. The fourth-order valence-corrected chi connectivity index (χ4v) is 3.85. The smallest absolute Gasteiger partial charge is 0.323 e. The Morgan fingerprint density at radius 2 is 2.00 bits per heavy atom. The van der Waals surface area contributed by atoms with Crippen LogP contribution in [-0.2, 0) is 16.0 Å². The molecule has 146 valence electrons. The van der Waals surface area contributed by atoms with Crippen molar-refractivity contribution >= 4 is 28.5 Å². The minimum atomic E-state index is -0.275. The largest absolute Gasteiger partial charge is 0.469 e. The molecule has 0 atom stereocenters. The number of carbonyl (C=O) groups is 2. The highest BCUT2D eigenvalue weighted by molar-refractivity contribution is 7.15. The van der Waals surface area contributed by atoms with Crippen LogP contribution in [0.15, 0.2) is 0 Å². The maximum Gasteiger partial charge on any atom is 0.323 e. The molecule has 1 aromatic rings. The van der Waals surface area contributed by atoms with Crippen LogP contribution in [0, 0.1) is 5.92 Å². The third-order valence-electron chi connectivity index (χ3n) is 4.68. The van der Waals surface area contributed by atoms with E-state index in [9.17, 15) is 9.59 Å². The molecule has 0 aliphatic heterocycles. The molecule has 0 unspecified atom stereocenters. The summed E-state index contributed by atoms with van der Waals surface area (Å²) in [6.07, 6.45) is 7.51. The van der Waals surface area contributed by atoms with E-state index in [1.807, 2.05) is 4.90 Å². The van der Waals surface area contributed by atoms with E-state index in [1.165, 1.54) is 37.7 Å². The van der Waals surface area contributed by atoms with Crippen molar-refractivity contribution in [2.75, 3.05) is 19.0 Å². The molecule has 1 aromatic heterocycles. The van der Waals surface area contributed by atoms with Crippen molar-refractivity contribution < 1.29 is 14.3 Å². The number of carbonyl (C=O) groups excluding carboxylic acids is 2. The normalized spacial score (nSPS) is 15.1. The number of urea groups is 1. The zero-order valence-corrected chi connectivity index (χ0v) is 16.8. The molecule has 1 aliphatic carbocycles. The number of ether oxygens (including phenoxy) is 1. The summed E-state index contributed by atoms with van der Waals surface area (Å²) >= 11 is 1.31. The number of methoxy groups -OCH3 is 1. The van der Waals surface area contributed by atoms with Gasteiger partial charge in [0.1, 0.15) is 5.01 Å². The monoisotopic (exact) mass is 382 g/mol. The summed E-state index contributed by atoms with van der Waals surface area (Å²) < 4.78 is 4.63. The number of nitrogens with zero attached hydrogens (tertiary/aromatic N) is 3. The first kappa shape index (κ1) is 20.6. The van der Waals surface area contributed by atoms with Crippen molar-refractivity contribution in [3.63, 3.8) is 0 Å². The molecular weight excluding hydrogens is 352 g/mol. The van der Waals surface area contributed by atoms with Gasteiger partial charge in [-0.05, 0) is 25.2 Å². The van der Waals surface area contributed by atoms with Crippen LogP contribution in [0.3, 0.4) is 0 Å². The molecule has 7 nitrogen and oxygen atoms in total. The number of rotatable bonds is 8. The van der Waals surface area contributed by atoms with Gasteiger partial charge in [0.25, 0.3) is 0 Å². The Kier molecular flexibility index (Phi) is 8.28. The Morgan fingerprint density at radius 1 is 1.27 bits per heavy atom. The van der Waals surface area contributed by atoms with Gasteiger partial charge in [-0.3, -0.25) is 10.1 Å². The van der Waals surface area contributed by atoms with E-state index in [1.54, 1.807) is 0 Å². The van der Waals surface area contributed by atoms with E-state index in [2.05, 4.69) is 34.1 Å². The number of anilines is 1. The van der Waals surface area contributed by atoms with E-state index in [0.717, 1.165) is 30.8 Å². The molecule has 2 rings (SSSR count). The summed E-state index contributed by atoms with van der Waals surface area (Å²) in [6.45, 7) is 5.12. The molecule has 8 heteroatoms. The van der Waals surface area contributed by atoms with Gasteiger partial charge < -0.3 is 9.64 Å². The quantitative estimate of drug-likeness (QED) is 0.690. The standard InChI is InChI=1S/C18H30N4O3S/c1-13(2)11-12-22(14-7-5-4-6-8-14)18(24)19-17-21-20-15(26-17)9-10-16(23)25-3/h13-14H,4-12H2,1-3H3,(H,19,21,24). The number of hydrogen-bond donors (Lipinski definition) is 1. The maximum atomic E-state index is 12.8. The van der Waals surface area contributed by atoms with Gasteiger partial charge in [0.15, 0.2) is 0 Å².